The van der Waals surface area contributed by atoms with Gasteiger partial charge in [0.15, 0.2) is 0 Å². The number of carbonyl (C=O) groups excluding carboxylic acids is 1. The molecule has 3 aliphatic carbocycles. The van der Waals surface area contributed by atoms with Crippen LogP contribution in [0.25, 0.3) is 0 Å². The van der Waals surface area contributed by atoms with E-state index < -0.39 is 0 Å². The Morgan fingerprint density at radius 1 is 1.14 bits per heavy atom. The van der Waals surface area contributed by atoms with Gasteiger partial charge in [-0.25, -0.2) is 0 Å². The Hall–Kier alpha value is -1.03. The second-order valence-corrected chi connectivity index (χ2v) is 7.92. The van der Waals surface area contributed by atoms with E-state index in [1.54, 1.807) is 0 Å². The molecule has 1 aromatic carbocycles. The Morgan fingerprint density at radius 3 is 2.33 bits per heavy atom. The first kappa shape index (κ1) is 14.9. The lowest BCUT2D eigenvalue weighted by Gasteiger charge is -2.53. The predicted octanol–water partition coefficient (Wildman–Crippen LogP) is 4.08. The third kappa shape index (κ3) is 3.25. The zero-order chi connectivity index (χ0) is 14.9. The maximum absolute atomic E-state index is 11.3. The highest BCUT2D eigenvalue weighted by molar-refractivity contribution is 9.10. The molecule has 3 nitrogen and oxygen atoms in total. The molecule has 0 spiro atoms. The number of rotatable bonds is 5. The maximum atomic E-state index is 11.3. The molecule has 3 N–H and O–H groups in total. The van der Waals surface area contributed by atoms with Crippen molar-refractivity contribution in [2.75, 3.05) is 11.9 Å². The molecule has 3 fully saturated rings. The van der Waals surface area contributed by atoms with E-state index in [1.807, 2.05) is 6.07 Å². The van der Waals surface area contributed by atoms with Crippen LogP contribution in [0.2, 0.25) is 0 Å². The van der Waals surface area contributed by atoms with Crippen LogP contribution in [0.4, 0.5) is 5.69 Å². The van der Waals surface area contributed by atoms with Gasteiger partial charge in [-0.3, -0.25) is 4.79 Å². The summed E-state index contributed by atoms with van der Waals surface area (Å²) >= 11 is 3.51. The number of hydrogen-bond donors (Lipinski definition) is 2. The predicted molar refractivity (Wildman–Crippen MR) is 89.0 cm³/mol. The molecule has 114 valence electrons. The van der Waals surface area contributed by atoms with Gasteiger partial charge >= 0.3 is 0 Å². The summed E-state index contributed by atoms with van der Waals surface area (Å²) in [5, 5.41) is 3.60. The number of fused-ring (bicyclic) bond motifs is 3. The number of nitrogens with two attached hydrogens (primary N) is 1. The van der Waals surface area contributed by atoms with Gasteiger partial charge < -0.3 is 11.1 Å². The minimum absolute atomic E-state index is 0.128. The standard InChI is InChI=1S/C17H23BrN2O/c18-13-2-1-3-14(10-13)20-12-17-7-4-16(5-8-17,6-9-17)11-15(19)21/h1-3,10,20H,4-9,11-12H2,(H2,19,21). The summed E-state index contributed by atoms with van der Waals surface area (Å²) < 4.78 is 1.11. The van der Waals surface area contributed by atoms with E-state index >= 15 is 0 Å². The highest BCUT2D eigenvalue weighted by Crippen LogP contribution is 2.58. The van der Waals surface area contributed by atoms with Gasteiger partial charge in [0.1, 0.15) is 0 Å². The lowest BCUT2D eigenvalue weighted by atomic mass is 9.53. The zero-order valence-electron chi connectivity index (χ0n) is 12.3. The number of amides is 1. The number of halogens is 1. The van der Waals surface area contributed by atoms with Crippen molar-refractivity contribution in [1.29, 1.82) is 0 Å². The fraction of sp³-hybridized carbons (Fsp3) is 0.588. The molecule has 1 aromatic rings. The first-order valence-electron chi connectivity index (χ1n) is 7.79. The summed E-state index contributed by atoms with van der Waals surface area (Å²) in [5.41, 5.74) is 7.25. The molecular formula is C17H23BrN2O. The Kier molecular flexibility index (Phi) is 4.00. The summed E-state index contributed by atoms with van der Waals surface area (Å²) in [5.74, 6) is -0.128. The van der Waals surface area contributed by atoms with E-state index in [9.17, 15) is 4.79 Å². The molecule has 0 aromatic heterocycles. The number of hydrogen-bond acceptors (Lipinski definition) is 2. The van der Waals surface area contributed by atoms with Crippen molar-refractivity contribution < 1.29 is 4.79 Å². The fourth-order valence-corrected chi connectivity index (χ4v) is 4.53. The van der Waals surface area contributed by atoms with Gasteiger partial charge in [0.05, 0.1) is 0 Å². The number of benzene rings is 1. The number of carbonyl (C=O) groups is 1. The highest BCUT2D eigenvalue weighted by Gasteiger charge is 2.48. The normalized spacial score (nSPS) is 31.1. The van der Waals surface area contributed by atoms with Crippen LogP contribution in [0.1, 0.15) is 44.9 Å². The average Bonchev–Trinajstić information content (AvgIpc) is 2.47. The molecule has 4 rings (SSSR count). The molecule has 0 aliphatic heterocycles. The van der Waals surface area contributed by atoms with Crippen LogP contribution in [0.5, 0.6) is 0 Å². The van der Waals surface area contributed by atoms with Crippen molar-refractivity contribution in [2.24, 2.45) is 16.6 Å². The fourth-order valence-electron chi connectivity index (χ4n) is 4.13. The Labute approximate surface area is 134 Å². The van der Waals surface area contributed by atoms with Crippen molar-refractivity contribution in [3.63, 3.8) is 0 Å². The molecule has 0 atom stereocenters. The van der Waals surface area contributed by atoms with Crippen LogP contribution in [0.3, 0.4) is 0 Å². The summed E-state index contributed by atoms with van der Waals surface area (Å²) in [4.78, 5) is 11.3. The monoisotopic (exact) mass is 350 g/mol. The summed E-state index contributed by atoms with van der Waals surface area (Å²) in [6, 6.07) is 8.34. The van der Waals surface area contributed by atoms with Crippen molar-refractivity contribution in [2.45, 2.75) is 44.9 Å². The van der Waals surface area contributed by atoms with Gasteiger partial charge in [-0.2, -0.15) is 0 Å². The molecule has 0 radical (unpaired) electrons. The van der Waals surface area contributed by atoms with Crippen molar-refractivity contribution in [1.82, 2.24) is 0 Å². The lowest BCUT2D eigenvalue weighted by Crippen LogP contribution is -2.46. The van der Waals surface area contributed by atoms with Crippen LogP contribution in [0.15, 0.2) is 28.7 Å². The first-order chi connectivity index (χ1) is 10.0. The van der Waals surface area contributed by atoms with Crippen LogP contribution >= 0.6 is 15.9 Å². The number of nitrogens with one attached hydrogen (secondary N) is 1. The van der Waals surface area contributed by atoms with Crippen LogP contribution in [-0.4, -0.2) is 12.5 Å². The van der Waals surface area contributed by atoms with Gasteiger partial charge in [-0.1, -0.05) is 22.0 Å². The van der Waals surface area contributed by atoms with E-state index in [1.165, 1.54) is 24.9 Å². The summed E-state index contributed by atoms with van der Waals surface area (Å²) in [7, 11) is 0. The van der Waals surface area contributed by atoms with Crippen LogP contribution in [-0.2, 0) is 4.79 Å². The molecular weight excluding hydrogens is 328 g/mol. The first-order valence-corrected chi connectivity index (χ1v) is 8.58. The maximum Gasteiger partial charge on any atom is 0.217 e. The molecule has 1 amide bonds. The van der Waals surface area contributed by atoms with E-state index in [4.69, 9.17) is 5.73 Å². The largest absolute Gasteiger partial charge is 0.384 e. The molecule has 2 bridgehead atoms. The third-order valence-electron chi connectivity index (χ3n) is 5.60. The van der Waals surface area contributed by atoms with Gasteiger partial charge in [-0.05, 0) is 67.6 Å². The van der Waals surface area contributed by atoms with Gasteiger partial charge in [0, 0.05) is 23.1 Å². The number of anilines is 1. The molecule has 4 heteroatoms. The molecule has 0 heterocycles. The topological polar surface area (TPSA) is 55.1 Å². The van der Waals surface area contributed by atoms with Crippen molar-refractivity contribution in [3.05, 3.63) is 28.7 Å². The van der Waals surface area contributed by atoms with E-state index in [-0.39, 0.29) is 11.3 Å². The van der Waals surface area contributed by atoms with Gasteiger partial charge in [-0.15, -0.1) is 0 Å². The SMILES string of the molecule is NC(=O)CC12CCC(CNc3cccc(Br)c3)(CC1)CC2. The zero-order valence-corrected chi connectivity index (χ0v) is 13.9. The second-order valence-electron chi connectivity index (χ2n) is 7.01. The van der Waals surface area contributed by atoms with E-state index in [2.05, 4.69) is 39.4 Å². The average molecular weight is 351 g/mol. The van der Waals surface area contributed by atoms with Crippen molar-refractivity contribution in [3.8, 4) is 0 Å². The van der Waals surface area contributed by atoms with Crippen molar-refractivity contribution >= 4 is 27.5 Å². The molecule has 0 unspecified atom stereocenters. The molecule has 21 heavy (non-hydrogen) atoms. The minimum Gasteiger partial charge on any atom is -0.384 e. The minimum atomic E-state index is -0.128. The van der Waals surface area contributed by atoms with E-state index in [0.29, 0.717) is 11.8 Å². The quantitative estimate of drug-likeness (QED) is 0.840. The van der Waals surface area contributed by atoms with Gasteiger partial charge in [0.2, 0.25) is 5.91 Å². The smallest absolute Gasteiger partial charge is 0.217 e. The Morgan fingerprint density at radius 2 is 1.76 bits per heavy atom. The highest BCUT2D eigenvalue weighted by atomic mass is 79.9. The Balaban J connectivity index is 1.60. The van der Waals surface area contributed by atoms with Crippen LogP contribution < -0.4 is 11.1 Å². The van der Waals surface area contributed by atoms with E-state index in [0.717, 1.165) is 30.3 Å². The second kappa shape index (κ2) is 5.64. The molecule has 3 aliphatic rings. The summed E-state index contributed by atoms with van der Waals surface area (Å²) in [6.07, 6.45) is 7.74. The molecule has 0 saturated heterocycles. The Bertz CT molecular complexity index is 519. The molecule has 3 saturated carbocycles. The lowest BCUT2D eigenvalue weighted by molar-refractivity contribution is -0.123. The third-order valence-corrected chi connectivity index (χ3v) is 6.09. The summed E-state index contributed by atoms with van der Waals surface area (Å²) in [6.45, 7) is 1.04. The number of primary amides is 1. The van der Waals surface area contributed by atoms with Crippen LogP contribution in [0, 0.1) is 10.8 Å². The van der Waals surface area contributed by atoms with Gasteiger partial charge in [0.25, 0.3) is 0 Å².